The minimum atomic E-state index is -0.988. The normalized spacial score (nSPS) is 11.0. The maximum atomic E-state index is 12.7. The van der Waals surface area contributed by atoms with Crippen molar-refractivity contribution in [3.8, 4) is 11.5 Å². The van der Waals surface area contributed by atoms with Crippen LogP contribution >= 0.6 is 0 Å². The molecule has 0 saturated carbocycles. The number of para-hydroxylation sites is 1. The van der Waals surface area contributed by atoms with Crippen LogP contribution < -0.4 is 9.47 Å². The molecule has 0 radical (unpaired) electrons. The Morgan fingerprint density at radius 3 is 2.18 bits per heavy atom. The number of carbonyl (C=O) groups is 4. The van der Waals surface area contributed by atoms with Crippen molar-refractivity contribution < 1.29 is 38.1 Å². The molecule has 0 N–H and O–H groups in total. The fraction of sp³-hybridized carbons (Fsp3) is 0.231. The first-order chi connectivity index (χ1) is 16.4. The van der Waals surface area contributed by atoms with Crippen LogP contribution in [0.1, 0.15) is 40.5 Å². The quantitative estimate of drug-likeness (QED) is 0.259. The van der Waals surface area contributed by atoms with Crippen molar-refractivity contribution in [1.82, 2.24) is 0 Å². The Bertz CT molecular complexity index is 1040. The second kappa shape index (κ2) is 13.4. The largest absolute Gasteiger partial charge is 0.486 e. The molecule has 2 rings (SSSR count). The molecule has 8 heteroatoms. The summed E-state index contributed by atoms with van der Waals surface area (Å²) in [5.41, 5.74) is 0.167. The van der Waals surface area contributed by atoms with Crippen LogP contribution in [0.3, 0.4) is 0 Å². The summed E-state index contributed by atoms with van der Waals surface area (Å²) in [6.07, 6.45) is 2.77. The summed E-state index contributed by atoms with van der Waals surface area (Å²) in [5.74, 6) is -4.27. The summed E-state index contributed by atoms with van der Waals surface area (Å²) in [4.78, 5) is 49.6. The van der Waals surface area contributed by atoms with Crippen molar-refractivity contribution in [3.63, 3.8) is 0 Å². The van der Waals surface area contributed by atoms with Crippen LogP contribution in [-0.4, -0.2) is 37.1 Å². The number of esters is 4. The summed E-state index contributed by atoms with van der Waals surface area (Å²) < 4.78 is 20.9. The van der Waals surface area contributed by atoms with Crippen LogP contribution in [0.15, 0.2) is 73.8 Å². The lowest BCUT2D eigenvalue weighted by Gasteiger charge is -2.16. The van der Waals surface area contributed by atoms with Crippen molar-refractivity contribution in [3.05, 3.63) is 85.0 Å². The standard InChI is InChI=1S/C26H26O8/c1-4-15-31-21-14-10-13-20(23(21)32-16-5-2)26(30)34-24(28)18(6-3)17-22(27)33-25(29)19-11-8-7-9-12-19/h4-5,7-14,18H,1-2,6,15-17H2,3H3. The Morgan fingerprint density at radius 1 is 0.853 bits per heavy atom. The molecule has 34 heavy (non-hydrogen) atoms. The van der Waals surface area contributed by atoms with Gasteiger partial charge in [-0.25, -0.2) is 9.59 Å². The molecule has 1 unspecified atom stereocenters. The summed E-state index contributed by atoms with van der Waals surface area (Å²) >= 11 is 0. The average molecular weight is 466 g/mol. The second-order valence-electron chi connectivity index (χ2n) is 6.98. The van der Waals surface area contributed by atoms with Crippen LogP contribution in [0.4, 0.5) is 0 Å². The van der Waals surface area contributed by atoms with Gasteiger partial charge < -0.3 is 18.9 Å². The van der Waals surface area contributed by atoms with Crippen molar-refractivity contribution in [2.45, 2.75) is 19.8 Å². The van der Waals surface area contributed by atoms with Crippen LogP contribution in [0.25, 0.3) is 0 Å². The van der Waals surface area contributed by atoms with E-state index in [0.717, 1.165) is 0 Å². The van der Waals surface area contributed by atoms with E-state index in [1.807, 2.05) is 0 Å². The summed E-state index contributed by atoms with van der Waals surface area (Å²) in [5, 5.41) is 0. The van der Waals surface area contributed by atoms with Crippen LogP contribution in [0.2, 0.25) is 0 Å². The first-order valence-electron chi connectivity index (χ1n) is 10.6. The molecule has 0 aliphatic rings. The second-order valence-corrected chi connectivity index (χ2v) is 6.98. The molecule has 0 aromatic heterocycles. The van der Waals surface area contributed by atoms with Gasteiger partial charge in [0.15, 0.2) is 11.5 Å². The first-order valence-corrected chi connectivity index (χ1v) is 10.6. The Labute approximate surface area is 197 Å². The zero-order valence-electron chi connectivity index (χ0n) is 18.9. The fourth-order valence-corrected chi connectivity index (χ4v) is 2.83. The molecule has 0 aliphatic heterocycles. The number of rotatable bonds is 12. The average Bonchev–Trinajstić information content (AvgIpc) is 2.85. The molecular weight excluding hydrogens is 440 g/mol. The number of carbonyl (C=O) groups excluding carboxylic acids is 4. The molecule has 2 aromatic rings. The van der Waals surface area contributed by atoms with Gasteiger partial charge in [0.2, 0.25) is 0 Å². The van der Waals surface area contributed by atoms with Gasteiger partial charge in [-0.15, -0.1) is 0 Å². The van der Waals surface area contributed by atoms with Gasteiger partial charge >= 0.3 is 23.9 Å². The zero-order valence-corrected chi connectivity index (χ0v) is 18.9. The minimum Gasteiger partial charge on any atom is -0.486 e. The SMILES string of the molecule is C=CCOc1cccc(C(=O)OC(=O)C(CC)CC(=O)OC(=O)c2ccccc2)c1OCC=C. The van der Waals surface area contributed by atoms with Crippen molar-refractivity contribution in [1.29, 1.82) is 0 Å². The van der Waals surface area contributed by atoms with Gasteiger partial charge in [-0.05, 0) is 30.7 Å². The Kier molecular flexibility index (Phi) is 10.2. The molecule has 0 saturated heterocycles. The van der Waals surface area contributed by atoms with Gasteiger partial charge in [0, 0.05) is 0 Å². The number of hydrogen-bond donors (Lipinski definition) is 0. The fourth-order valence-electron chi connectivity index (χ4n) is 2.83. The zero-order chi connectivity index (χ0) is 24.9. The van der Waals surface area contributed by atoms with Crippen LogP contribution in [0.5, 0.6) is 11.5 Å². The first kappa shape index (κ1) is 26.1. The van der Waals surface area contributed by atoms with E-state index in [1.54, 1.807) is 37.3 Å². The number of ether oxygens (including phenoxy) is 4. The van der Waals surface area contributed by atoms with E-state index < -0.39 is 36.2 Å². The van der Waals surface area contributed by atoms with Crippen LogP contribution in [-0.2, 0) is 19.1 Å². The highest BCUT2D eigenvalue weighted by Crippen LogP contribution is 2.32. The maximum Gasteiger partial charge on any atom is 0.349 e. The number of hydrogen-bond acceptors (Lipinski definition) is 8. The predicted octanol–water partition coefficient (Wildman–Crippen LogP) is 4.30. The molecule has 0 fully saturated rings. The third-order valence-corrected chi connectivity index (χ3v) is 4.55. The van der Waals surface area contributed by atoms with E-state index >= 15 is 0 Å². The number of benzene rings is 2. The lowest BCUT2D eigenvalue weighted by Crippen LogP contribution is -2.25. The van der Waals surface area contributed by atoms with Gasteiger partial charge in [0.1, 0.15) is 18.8 Å². The van der Waals surface area contributed by atoms with E-state index in [-0.39, 0.29) is 42.3 Å². The molecule has 0 bridgehead atoms. The minimum absolute atomic E-state index is 0.0338. The summed E-state index contributed by atoms with van der Waals surface area (Å²) in [6.45, 7) is 9.05. The summed E-state index contributed by atoms with van der Waals surface area (Å²) in [6, 6.07) is 12.5. The third kappa shape index (κ3) is 7.44. The van der Waals surface area contributed by atoms with E-state index in [4.69, 9.17) is 18.9 Å². The van der Waals surface area contributed by atoms with Crippen molar-refractivity contribution in [2.24, 2.45) is 5.92 Å². The lowest BCUT2D eigenvalue weighted by atomic mass is 10.0. The van der Waals surface area contributed by atoms with E-state index in [0.29, 0.717) is 0 Å². The molecule has 2 aromatic carbocycles. The smallest absolute Gasteiger partial charge is 0.349 e. The molecule has 8 nitrogen and oxygen atoms in total. The highest BCUT2D eigenvalue weighted by atomic mass is 16.6. The van der Waals surface area contributed by atoms with Crippen molar-refractivity contribution >= 4 is 23.9 Å². The van der Waals surface area contributed by atoms with Crippen LogP contribution in [0, 0.1) is 5.92 Å². The lowest BCUT2D eigenvalue weighted by molar-refractivity contribution is -0.149. The Hall–Kier alpha value is -4.20. The topological polar surface area (TPSA) is 105 Å². The molecule has 0 heterocycles. The van der Waals surface area contributed by atoms with Gasteiger partial charge in [-0.2, -0.15) is 0 Å². The third-order valence-electron chi connectivity index (χ3n) is 4.55. The van der Waals surface area contributed by atoms with Gasteiger partial charge in [-0.1, -0.05) is 56.5 Å². The summed E-state index contributed by atoms with van der Waals surface area (Å²) in [7, 11) is 0. The monoisotopic (exact) mass is 466 g/mol. The van der Waals surface area contributed by atoms with Crippen molar-refractivity contribution in [2.75, 3.05) is 13.2 Å². The highest BCUT2D eigenvalue weighted by Gasteiger charge is 2.28. The highest BCUT2D eigenvalue weighted by molar-refractivity contribution is 6.01. The molecule has 0 aliphatic carbocycles. The van der Waals surface area contributed by atoms with E-state index in [9.17, 15) is 19.2 Å². The van der Waals surface area contributed by atoms with E-state index in [2.05, 4.69) is 13.2 Å². The molecule has 0 spiro atoms. The van der Waals surface area contributed by atoms with E-state index in [1.165, 1.54) is 30.4 Å². The van der Waals surface area contributed by atoms with Gasteiger partial charge in [-0.3, -0.25) is 9.59 Å². The van der Waals surface area contributed by atoms with Gasteiger partial charge in [0.25, 0.3) is 0 Å². The molecular formula is C26H26O8. The Morgan fingerprint density at radius 2 is 1.53 bits per heavy atom. The molecule has 0 amide bonds. The predicted molar refractivity (Wildman–Crippen MR) is 124 cm³/mol. The maximum absolute atomic E-state index is 12.7. The Balaban J connectivity index is 2.08. The molecule has 1 atom stereocenters. The van der Waals surface area contributed by atoms with Gasteiger partial charge in [0.05, 0.1) is 17.9 Å². The molecule has 178 valence electrons.